The van der Waals surface area contributed by atoms with Crippen molar-refractivity contribution in [1.82, 2.24) is 0 Å². The zero-order chi connectivity index (χ0) is 11.9. The average molecular weight is 226 g/mol. The van der Waals surface area contributed by atoms with Crippen LogP contribution in [0.1, 0.15) is 46.5 Å². The Bertz CT molecular complexity index is 285. The number of carbonyl (C=O) groups excluding carboxylic acids is 1. The first kappa shape index (κ1) is 12.1. The molecular formula is C13H22O3. The van der Waals surface area contributed by atoms with Crippen LogP contribution < -0.4 is 0 Å². The molecule has 1 aliphatic heterocycles. The summed E-state index contributed by atoms with van der Waals surface area (Å²) in [6.07, 6.45) is 3.15. The van der Waals surface area contributed by atoms with Crippen LogP contribution in [0, 0.1) is 11.8 Å². The topological polar surface area (TPSA) is 46.5 Å². The molecule has 2 fully saturated rings. The summed E-state index contributed by atoms with van der Waals surface area (Å²) in [5, 5.41) is 10.1. The summed E-state index contributed by atoms with van der Waals surface area (Å²) in [5.74, 6) is 0.562. The summed E-state index contributed by atoms with van der Waals surface area (Å²) in [5.41, 5.74) is -0.219. The van der Waals surface area contributed by atoms with Gasteiger partial charge in [-0.05, 0) is 40.0 Å². The maximum Gasteiger partial charge on any atom is 0.132 e. The first-order chi connectivity index (χ1) is 7.39. The minimum atomic E-state index is -0.309. The number of hydrogen-bond donors (Lipinski definition) is 1. The number of Topliss-reactive ketones (excluding diaryl/α,β-unsaturated/α-hetero) is 1. The van der Waals surface area contributed by atoms with E-state index in [2.05, 4.69) is 0 Å². The molecule has 3 heteroatoms. The third-order valence-electron chi connectivity index (χ3n) is 4.07. The van der Waals surface area contributed by atoms with Crippen molar-refractivity contribution in [2.45, 2.75) is 64.3 Å². The lowest BCUT2D eigenvalue weighted by atomic mass is 9.71. The van der Waals surface area contributed by atoms with Crippen molar-refractivity contribution in [1.29, 1.82) is 0 Å². The number of aliphatic hydroxyl groups excluding tert-OH is 1. The second-order valence-electron chi connectivity index (χ2n) is 5.97. The maximum atomic E-state index is 11.4. The van der Waals surface area contributed by atoms with E-state index in [1.165, 1.54) is 0 Å². The molecular weight excluding hydrogens is 204 g/mol. The summed E-state index contributed by atoms with van der Waals surface area (Å²) in [6.45, 7) is 5.72. The van der Waals surface area contributed by atoms with Crippen molar-refractivity contribution in [3.05, 3.63) is 0 Å². The molecule has 92 valence electrons. The van der Waals surface area contributed by atoms with E-state index < -0.39 is 0 Å². The van der Waals surface area contributed by atoms with Crippen LogP contribution in [0.15, 0.2) is 0 Å². The lowest BCUT2D eigenvalue weighted by Gasteiger charge is -2.47. The quantitative estimate of drug-likeness (QED) is 0.743. The van der Waals surface area contributed by atoms with Gasteiger partial charge in [-0.15, -0.1) is 0 Å². The Balaban J connectivity index is 2.07. The number of aliphatic hydroxyl groups is 1. The molecule has 0 amide bonds. The highest BCUT2D eigenvalue weighted by Crippen LogP contribution is 2.42. The molecule has 1 aliphatic carbocycles. The smallest absolute Gasteiger partial charge is 0.132 e. The summed E-state index contributed by atoms with van der Waals surface area (Å²) in [4.78, 5) is 11.4. The van der Waals surface area contributed by atoms with Gasteiger partial charge < -0.3 is 9.84 Å². The van der Waals surface area contributed by atoms with Crippen molar-refractivity contribution in [2.24, 2.45) is 11.8 Å². The fourth-order valence-corrected chi connectivity index (χ4v) is 3.21. The van der Waals surface area contributed by atoms with Gasteiger partial charge in [0.05, 0.1) is 17.8 Å². The van der Waals surface area contributed by atoms with Crippen LogP contribution in [0.2, 0.25) is 0 Å². The van der Waals surface area contributed by atoms with Gasteiger partial charge >= 0.3 is 0 Å². The zero-order valence-electron chi connectivity index (χ0n) is 10.4. The monoisotopic (exact) mass is 226 g/mol. The fraction of sp³-hybridized carbons (Fsp3) is 0.923. The Morgan fingerprint density at radius 1 is 1.38 bits per heavy atom. The van der Waals surface area contributed by atoms with Crippen molar-refractivity contribution < 1.29 is 14.6 Å². The van der Waals surface area contributed by atoms with Gasteiger partial charge in [0.2, 0.25) is 0 Å². The Labute approximate surface area is 97.2 Å². The van der Waals surface area contributed by atoms with Crippen LogP contribution in [0.3, 0.4) is 0 Å². The zero-order valence-corrected chi connectivity index (χ0v) is 10.4. The molecule has 3 nitrogen and oxygen atoms in total. The molecule has 16 heavy (non-hydrogen) atoms. The molecule has 1 saturated carbocycles. The van der Waals surface area contributed by atoms with Crippen LogP contribution in [-0.2, 0) is 9.53 Å². The molecule has 1 saturated heterocycles. The van der Waals surface area contributed by atoms with Gasteiger partial charge in [-0.3, -0.25) is 4.79 Å². The number of ketones is 1. The first-order valence-electron chi connectivity index (χ1n) is 6.25. The van der Waals surface area contributed by atoms with E-state index in [1.54, 1.807) is 6.92 Å². The highest BCUT2D eigenvalue weighted by molar-refractivity contribution is 5.78. The van der Waals surface area contributed by atoms with Crippen molar-refractivity contribution in [3.8, 4) is 0 Å². The lowest BCUT2D eigenvalue weighted by Crippen LogP contribution is -2.51. The predicted molar refractivity (Wildman–Crippen MR) is 61.1 cm³/mol. The molecule has 0 spiro atoms. The average Bonchev–Trinajstić information content (AvgIpc) is 2.15. The first-order valence-corrected chi connectivity index (χ1v) is 6.25. The van der Waals surface area contributed by atoms with Crippen molar-refractivity contribution in [2.75, 3.05) is 0 Å². The molecule has 0 radical (unpaired) electrons. The van der Waals surface area contributed by atoms with E-state index >= 15 is 0 Å². The lowest BCUT2D eigenvalue weighted by molar-refractivity contribution is -0.192. The highest BCUT2D eigenvalue weighted by Gasteiger charge is 2.45. The minimum absolute atomic E-state index is 0.140. The molecule has 1 N–H and O–H groups in total. The largest absolute Gasteiger partial charge is 0.393 e. The van der Waals surface area contributed by atoms with E-state index in [9.17, 15) is 9.90 Å². The molecule has 0 aromatic carbocycles. The Morgan fingerprint density at radius 2 is 2.06 bits per heavy atom. The standard InChI is InChI=1S/C13H22O3/c1-8(14)9-4-5-12-10(6-9)11(15)7-13(2,3)16-12/h9-12,15H,4-7H2,1-3H3/t9?,10?,11-,12?/m0/s1. The molecule has 0 bridgehead atoms. The molecule has 0 aromatic rings. The van der Waals surface area contributed by atoms with Gasteiger partial charge in [-0.25, -0.2) is 0 Å². The third kappa shape index (κ3) is 2.30. The summed E-state index contributed by atoms with van der Waals surface area (Å²) in [7, 11) is 0. The molecule has 2 aliphatic rings. The van der Waals surface area contributed by atoms with E-state index in [-0.39, 0.29) is 35.4 Å². The van der Waals surface area contributed by atoms with Gasteiger partial charge in [0.15, 0.2) is 0 Å². The van der Waals surface area contributed by atoms with E-state index in [1.807, 2.05) is 13.8 Å². The number of ether oxygens (including phenoxy) is 1. The van der Waals surface area contributed by atoms with Gasteiger partial charge in [0.25, 0.3) is 0 Å². The third-order valence-corrected chi connectivity index (χ3v) is 4.07. The van der Waals surface area contributed by atoms with Gasteiger partial charge in [-0.1, -0.05) is 0 Å². The summed E-state index contributed by atoms with van der Waals surface area (Å²) < 4.78 is 6.00. The minimum Gasteiger partial charge on any atom is -0.393 e. The van der Waals surface area contributed by atoms with E-state index in [0.717, 1.165) is 19.3 Å². The summed E-state index contributed by atoms with van der Waals surface area (Å²) in [6, 6.07) is 0. The second-order valence-corrected chi connectivity index (χ2v) is 5.97. The van der Waals surface area contributed by atoms with Gasteiger partial charge in [-0.2, -0.15) is 0 Å². The highest BCUT2D eigenvalue weighted by atomic mass is 16.5. The molecule has 3 unspecified atom stereocenters. The molecule has 2 rings (SSSR count). The fourth-order valence-electron chi connectivity index (χ4n) is 3.21. The van der Waals surface area contributed by atoms with E-state index in [0.29, 0.717) is 6.42 Å². The van der Waals surface area contributed by atoms with E-state index in [4.69, 9.17) is 4.74 Å². The number of rotatable bonds is 1. The van der Waals surface area contributed by atoms with Crippen LogP contribution in [0.5, 0.6) is 0 Å². The Hall–Kier alpha value is -0.410. The number of carbonyl (C=O) groups is 1. The summed E-state index contributed by atoms with van der Waals surface area (Å²) >= 11 is 0. The van der Waals surface area contributed by atoms with Gasteiger partial charge in [0.1, 0.15) is 5.78 Å². The second kappa shape index (κ2) is 4.11. The maximum absolute atomic E-state index is 11.4. The molecule has 1 heterocycles. The number of hydrogen-bond acceptors (Lipinski definition) is 3. The predicted octanol–water partition coefficient (Wildman–Crippen LogP) is 1.92. The normalized spacial score (nSPS) is 42.5. The van der Waals surface area contributed by atoms with Crippen LogP contribution in [0.4, 0.5) is 0 Å². The van der Waals surface area contributed by atoms with Crippen molar-refractivity contribution >= 4 is 5.78 Å². The Kier molecular flexibility index (Phi) is 3.10. The van der Waals surface area contributed by atoms with Crippen molar-refractivity contribution in [3.63, 3.8) is 0 Å². The van der Waals surface area contributed by atoms with Crippen LogP contribution in [-0.4, -0.2) is 28.7 Å². The Morgan fingerprint density at radius 3 is 2.69 bits per heavy atom. The van der Waals surface area contributed by atoms with Gasteiger partial charge in [0, 0.05) is 18.3 Å². The van der Waals surface area contributed by atoms with Crippen LogP contribution in [0.25, 0.3) is 0 Å². The SMILES string of the molecule is CC(=O)C1CCC2OC(C)(C)C[C@H](O)C2C1. The number of fused-ring (bicyclic) bond motifs is 1. The van der Waals surface area contributed by atoms with Crippen LogP contribution >= 0.6 is 0 Å². The molecule has 4 atom stereocenters. The molecule has 0 aromatic heterocycles.